The molecule has 2 atom stereocenters. The Hall–Kier alpha value is -1.06. The second-order valence-corrected chi connectivity index (χ2v) is 4.53. The van der Waals surface area contributed by atoms with Gasteiger partial charge in [-0.15, -0.1) is 0 Å². The number of aliphatic hydroxyl groups is 1. The molecule has 2 aliphatic rings. The molecule has 0 radical (unpaired) electrons. The van der Waals surface area contributed by atoms with Gasteiger partial charge in [0.05, 0.1) is 19.3 Å². The van der Waals surface area contributed by atoms with Crippen molar-refractivity contribution in [2.75, 3.05) is 19.8 Å². The van der Waals surface area contributed by atoms with Gasteiger partial charge < -0.3 is 14.6 Å². The van der Waals surface area contributed by atoms with Gasteiger partial charge in [-0.2, -0.15) is 0 Å². The summed E-state index contributed by atoms with van der Waals surface area (Å²) in [4.78, 5) is 0. The second-order valence-electron chi connectivity index (χ2n) is 4.53. The normalized spacial score (nSPS) is 25.2. The highest BCUT2D eigenvalue weighted by Gasteiger charge is 2.26. The topological polar surface area (TPSA) is 38.7 Å². The van der Waals surface area contributed by atoms with Crippen LogP contribution in [-0.2, 0) is 11.2 Å². The second kappa shape index (κ2) is 4.07. The minimum atomic E-state index is -0.395. The van der Waals surface area contributed by atoms with E-state index >= 15 is 0 Å². The molecule has 0 bridgehead atoms. The number of fused-ring (bicyclic) bond motifs is 1. The van der Waals surface area contributed by atoms with Crippen molar-refractivity contribution in [3.63, 3.8) is 0 Å². The zero-order chi connectivity index (χ0) is 11.0. The summed E-state index contributed by atoms with van der Waals surface area (Å²) >= 11 is 0. The summed E-state index contributed by atoms with van der Waals surface area (Å²) in [5.41, 5.74) is 2.22. The average Bonchev–Trinajstić information content (AvgIpc) is 2.98. The van der Waals surface area contributed by atoms with Crippen molar-refractivity contribution < 1.29 is 14.6 Å². The van der Waals surface area contributed by atoms with Gasteiger partial charge in [0.15, 0.2) is 0 Å². The summed E-state index contributed by atoms with van der Waals surface area (Å²) in [6.45, 7) is 2.21. The monoisotopic (exact) mass is 220 g/mol. The first-order valence-electron chi connectivity index (χ1n) is 5.86. The van der Waals surface area contributed by atoms with E-state index in [1.807, 2.05) is 12.1 Å². The lowest BCUT2D eigenvalue weighted by Gasteiger charge is -2.17. The van der Waals surface area contributed by atoms with Gasteiger partial charge in [0.2, 0.25) is 0 Å². The average molecular weight is 220 g/mol. The Balaban J connectivity index is 1.83. The van der Waals surface area contributed by atoms with E-state index in [4.69, 9.17) is 9.47 Å². The van der Waals surface area contributed by atoms with Gasteiger partial charge in [-0.1, -0.05) is 6.07 Å². The number of rotatable bonds is 2. The third kappa shape index (κ3) is 1.70. The maximum Gasteiger partial charge on any atom is 0.122 e. The van der Waals surface area contributed by atoms with Crippen LogP contribution in [0.25, 0.3) is 0 Å². The van der Waals surface area contributed by atoms with Gasteiger partial charge in [0.25, 0.3) is 0 Å². The van der Waals surface area contributed by atoms with Crippen molar-refractivity contribution in [2.24, 2.45) is 5.92 Å². The first-order valence-corrected chi connectivity index (χ1v) is 5.86. The van der Waals surface area contributed by atoms with Crippen LogP contribution in [0, 0.1) is 5.92 Å². The molecule has 16 heavy (non-hydrogen) atoms. The Morgan fingerprint density at radius 2 is 2.25 bits per heavy atom. The first-order chi connectivity index (χ1) is 7.84. The lowest BCUT2D eigenvalue weighted by Crippen LogP contribution is -2.12. The van der Waals surface area contributed by atoms with Crippen LogP contribution >= 0.6 is 0 Å². The number of ether oxygens (including phenoxy) is 2. The molecule has 0 amide bonds. The van der Waals surface area contributed by atoms with Crippen molar-refractivity contribution in [3.8, 4) is 5.75 Å². The Morgan fingerprint density at radius 3 is 3.06 bits per heavy atom. The molecule has 3 nitrogen and oxygen atoms in total. The molecule has 2 aliphatic heterocycles. The van der Waals surface area contributed by atoms with Crippen molar-refractivity contribution >= 4 is 0 Å². The summed E-state index contributed by atoms with van der Waals surface area (Å²) in [6, 6.07) is 6.01. The Morgan fingerprint density at radius 1 is 1.31 bits per heavy atom. The minimum Gasteiger partial charge on any atom is -0.493 e. The van der Waals surface area contributed by atoms with E-state index in [1.165, 1.54) is 5.56 Å². The van der Waals surface area contributed by atoms with Crippen molar-refractivity contribution in [1.29, 1.82) is 0 Å². The predicted octanol–water partition coefficient (Wildman–Crippen LogP) is 1.69. The van der Waals surface area contributed by atoms with Gasteiger partial charge in [-0.05, 0) is 29.7 Å². The van der Waals surface area contributed by atoms with E-state index in [2.05, 4.69) is 6.07 Å². The van der Waals surface area contributed by atoms with Crippen LogP contribution in [0.1, 0.15) is 23.7 Å². The fraction of sp³-hybridized carbons (Fsp3) is 0.538. The van der Waals surface area contributed by atoms with Crippen molar-refractivity contribution in [2.45, 2.75) is 18.9 Å². The molecule has 3 heteroatoms. The van der Waals surface area contributed by atoms with E-state index in [1.54, 1.807) is 0 Å². The van der Waals surface area contributed by atoms with Crippen LogP contribution in [0.5, 0.6) is 5.75 Å². The highest BCUT2D eigenvalue weighted by atomic mass is 16.5. The number of aliphatic hydroxyl groups excluding tert-OH is 1. The SMILES string of the molecule is OC(c1ccc2c(c1)CCO2)C1CCOC1. The molecule has 1 saturated heterocycles. The largest absolute Gasteiger partial charge is 0.493 e. The van der Waals surface area contributed by atoms with Gasteiger partial charge in [-0.25, -0.2) is 0 Å². The summed E-state index contributed by atoms with van der Waals surface area (Å²) in [7, 11) is 0. The number of benzene rings is 1. The van der Waals surface area contributed by atoms with Crippen LogP contribution in [0.4, 0.5) is 0 Å². The van der Waals surface area contributed by atoms with Crippen LogP contribution in [0.3, 0.4) is 0 Å². The Kier molecular flexibility index (Phi) is 2.58. The summed E-state index contributed by atoms with van der Waals surface area (Å²) in [5.74, 6) is 1.22. The van der Waals surface area contributed by atoms with Crippen molar-refractivity contribution in [1.82, 2.24) is 0 Å². The van der Waals surface area contributed by atoms with Crippen molar-refractivity contribution in [3.05, 3.63) is 29.3 Å². The summed E-state index contributed by atoms with van der Waals surface area (Å²) in [6.07, 6.45) is 1.51. The zero-order valence-electron chi connectivity index (χ0n) is 9.19. The Labute approximate surface area is 95.0 Å². The molecule has 2 unspecified atom stereocenters. The molecular formula is C13H16O3. The fourth-order valence-electron chi connectivity index (χ4n) is 2.46. The minimum absolute atomic E-state index is 0.250. The Bertz CT molecular complexity index is 383. The lowest BCUT2D eigenvalue weighted by atomic mass is 9.94. The molecule has 0 aliphatic carbocycles. The molecule has 2 heterocycles. The molecular weight excluding hydrogens is 204 g/mol. The van der Waals surface area contributed by atoms with Gasteiger partial charge >= 0.3 is 0 Å². The third-order valence-electron chi connectivity index (χ3n) is 3.47. The summed E-state index contributed by atoms with van der Waals surface area (Å²) in [5, 5.41) is 10.2. The van der Waals surface area contributed by atoms with Crippen LogP contribution in [0.2, 0.25) is 0 Å². The highest BCUT2D eigenvalue weighted by Crippen LogP contribution is 2.33. The molecule has 0 aromatic heterocycles. The molecule has 0 saturated carbocycles. The van der Waals surface area contributed by atoms with E-state index in [-0.39, 0.29) is 5.92 Å². The van der Waals surface area contributed by atoms with E-state index in [9.17, 15) is 5.11 Å². The third-order valence-corrected chi connectivity index (χ3v) is 3.47. The predicted molar refractivity (Wildman–Crippen MR) is 59.5 cm³/mol. The van der Waals surface area contributed by atoms with E-state index in [0.717, 1.165) is 37.4 Å². The first kappa shape index (κ1) is 10.1. The molecule has 0 spiro atoms. The molecule has 1 aromatic rings. The summed E-state index contributed by atoms with van der Waals surface area (Å²) < 4.78 is 10.8. The van der Waals surface area contributed by atoms with E-state index in [0.29, 0.717) is 6.61 Å². The van der Waals surface area contributed by atoms with Crippen LogP contribution in [0.15, 0.2) is 18.2 Å². The van der Waals surface area contributed by atoms with Crippen LogP contribution < -0.4 is 4.74 Å². The fourth-order valence-corrected chi connectivity index (χ4v) is 2.46. The highest BCUT2D eigenvalue weighted by molar-refractivity contribution is 5.40. The van der Waals surface area contributed by atoms with Crippen LogP contribution in [-0.4, -0.2) is 24.9 Å². The number of hydrogen-bond donors (Lipinski definition) is 1. The molecule has 1 fully saturated rings. The molecule has 3 rings (SSSR count). The number of hydrogen-bond acceptors (Lipinski definition) is 3. The van der Waals surface area contributed by atoms with Gasteiger partial charge in [0.1, 0.15) is 5.75 Å². The van der Waals surface area contributed by atoms with Gasteiger partial charge in [0, 0.05) is 18.9 Å². The van der Waals surface area contributed by atoms with Gasteiger partial charge in [-0.3, -0.25) is 0 Å². The maximum atomic E-state index is 10.2. The van der Waals surface area contributed by atoms with E-state index < -0.39 is 6.10 Å². The smallest absolute Gasteiger partial charge is 0.122 e. The molecule has 1 N–H and O–H groups in total. The standard InChI is InChI=1S/C13H16O3/c14-13(11-3-5-15-8-11)10-1-2-12-9(7-10)4-6-16-12/h1-2,7,11,13-14H,3-6,8H2. The zero-order valence-corrected chi connectivity index (χ0v) is 9.19. The molecule has 1 aromatic carbocycles. The lowest BCUT2D eigenvalue weighted by molar-refractivity contribution is 0.0917. The quantitative estimate of drug-likeness (QED) is 0.824. The molecule has 86 valence electrons. The maximum absolute atomic E-state index is 10.2.